The molecule has 0 atom stereocenters. The van der Waals surface area contributed by atoms with Crippen molar-refractivity contribution in [3.8, 4) is 22.5 Å². The fourth-order valence-corrected chi connectivity index (χ4v) is 5.91. The third-order valence-electron chi connectivity index (χ3n) is 5.48. The van der Waals surface area contributed by atoms with Crippen LogP contribution in [0.3, 0.4) is 0 Å². The Labute approximate surface area is 207 Å². The van der Waals surface area contributed by atoms with Crippen LogP contribution in [0.4, 0.5) is 5.69 Å². The first-order valence-electron chi connectivity index (χ1n) is 11.1. The topological polar surface area (TPSA) is 117 Å². The molecular formula is C24H26N6O2S2. The lowest BCUT2D eigenvalue weighted by Gasteiger charge is -2.30. The van der Waals surface area contributed by atoms with E-state index >= 15 is 0 Å². The van der Waals surface area contributed by atoms with Crippen molar-refractivity contribution in [2.24, 2.45) is 5.92 Å². The number of nitrogens with two attached hydrogens (primary N) is 1. The fraction of sp³-hybridized carbons (Fsp3) is 0.333. The standard InChI is InChI=1S/C24H26N6O2S2/c1-2-32-24-17(14-25)18(26)13-20(29-24)23(31)28-15-16-8-11-30(12-9-16)34-22-7-6-21(33-22)19-5-3-4-10-27-19/h3-7,10,13,16H,2,8-9,11-12,15H2,1H3,(H2,26,29)(H,28,31). The molecule has 0 unspecified atom stereocenters. The van der Waals surface area contributed by atoms with Gasteiger partial charge in [0, 0.05) is 25.8 Å². The molecule has 0 saturated carbocycles. The van der Waals surface area contributed by atoms with E-state index in [1.807, 2.05) is 30.5 Å². The van der Waals surface area contributed by atoms with Gasteiger partial charge in [0.1, 0.15) is 17.3 Å². The predicted octanol–water partition coefficient (Wildman–Crippen LogP) is 4.21. The number of nitriles is 1. The van der Waals surface area contributed by atoms with E-state index in [2.05, 4.69) is 31.7 Å². The van der Waals surface area contributed by atoms with Crippen molar-refractivity contribution < 1.29 is 9.53 Å². The molecule has 1 amide bonds. The summed E-state index contributed by atoms with van der Waals surface area (Å²) < 4.78 is 9.01. The summed E-state index contributed by atoms with van der Waals surface area (Å²) >= 11 is 3.54. The summed E-state index contributed by atoms with van der Waals surface area (Å²) in [5.74, 6) is 0.185. The first-order chi connectivity index (χ1) is 16.6. The number of hydrogen-bond acceptors (Lipinski definition) is 9. The zero-order chi connectivity index (χ0) is 23.9. The maximum Gasteiger partial charge on any atom is 0.270 e. The number of carbonyl (C=O) groups is 1. The maximum atomic E-state index is 12.6. The number of pyridine rings is 2. The molecule has 1 fully saturated rings. The molecule has 3 aromatic heterocycles. The zero-order valence-electron chi connectivity index (χ0n) is 18.9. The Bertz CT molecular complexity index is 1170. The van der Waals surface area contributed by atoms with Crippen molar-refractivity contribution >= 4 is 34.9 Å². The normalized spacial score (nSPS) is 14.5. The van der Waals surface area contributed by atoms with Crippen LogP contribution < -0.4 is 15.8 Å². The van der Waals surface area contributed by atoms with Crippen LogP contribution in [0.5, 0.6) is 5.88 Å². The number of nitrogens with zero attached hydrogens (tertiary/aromatic N) is 4. The number of amides is 1. The van der Waals surface area contributed by atoms with Gasteiger partial charge in [-0.05, 0) is 68.0 Å². The molecular weight excluding hydrogens is 468 g/mol. The minimum absolute atomic E-state index is 0.0975. The summed E-state index contributed by atoms with van der Waals surface area (Å²) in [5, 5.41) is 12.2. The van der Waals surface area contributed by atoms with E-state index in [1.165, 1.54) is 15.2 Å². The molecule has 1 aliphatic heterocycles. The van der Waals surface area contributed by atoms with Gasteiger partial charge in [0.15, 0.2) is 0 Å². The summed E-state index contributed by atoms with van der Waals surface area (Å²) in [5.41, 5.74) is 7.43. The van der Waals surface area contributed by atoms with Crippen LogP contribution in [-0.2, 0) is 0 Å². The molecule has 4 rings (SSSR count). The van der Waals surface area contributed by atoms with E-state index in [0.29, 0.717) is 19.1 Å². The molecule has 0 bridgehead atoms. The lowest BCUT2D eigenvalue weighted by Crippen LogP contribution is -2.36. The number of piperidine rings is 1. The lowest BCUT2D eigenvalue weighted by molar-refractivity contribution is 0.0936. The molecule has 3 N–H and O–H groups in total. The second-order valence-corrected chi connectivity index (χ2v) is 10.3. The van der Waals surface area contributed by atoms with Gasteiger partial charge >= 0.3 is 0 Å². The summed E-state index contributed by atoms with van der Waals surface area (Å²) in [7, 11) is 0. The SMILES string of the molecule is CCOc1nc(C(=O)NCC2CCN(Sc3ccc(-c4ccccn4)s3)CC2)cc(N)c1C#N. The Kier molecular flexibility index (Phi) is 8.00. The second-order valence-electron chi connectivity index (χ2n) is 7.83. The first-order valence-corrected chi connectivity index (χ1v) is 12.7. The van der Waals surface area contributed by atoms with E-state index in [9.17, 15) is 10.1 Å². The minimum atomic E-state index is -0.311. The van der Waals surface area contributed by atoms with Crippen LogP contribution in [0.25, 0.3) is 10.6 Å². The Morgan fingerprint density at radius 3 is 2.88 bits per heavy atom. The largest absolute Gasteiger partial charge is 0.477 e. The fourth-order valence-electron chi connectivity index (χ4n) is 3.69. The van der Waals surface area contributed by atoms with Crippen LogP contribution in [-0.4, -0.2) is 46.4 Å². The molecule has 0 aromatic carbocycles. The minimum Gasteiger partial charge on any atom is -0.477 e. The quantitative estimate of drug-likeness (QED) is 0.447. The molecule has 34 heavy (non-hydrogen) atoms. The van der Waals surface area contributed by atoms with E-state index < -0.39 is 0 Å². The molecule has 176 valence electrons. The number of thiophene rings is 1. The third-order valence-corrected chi connectivity index (χ3v) is 7.80. The van der Waals surface area contributed by atoms with Gasteiger partial charge in [0.2, 0.25) is 5.88 Å². The van der Waals surface area contributed by atoms with Gasteiger partial charge in [-0.25, -0.2) is 9.29 Å². The molecule has 0 spiro atoms. The Balaban J connectivity index is 1.26. The molecule has 1 saturated heterocycles. The number of ether oxygens (including phenoxy) is 1. The van der Waals surface area contributed by atoms with Crippen molar-refractivity contribution in [3.63, 3.8) is 0 Å². The molecule has 8 nitrogen and oxygen atoms in total. The summed E-state index contributed by atoms with van der Waals surface area (Å²) in [6, 6.07) is 13.6. The third kappa shape index (κ3) is 5.86. The van der Waals surface area contributed by atoms with E-state index in [0.717, 1.165) is 31.6 Å². The highest BCUT2D eigenvalue weighted by atomic mass is 32.2. The molecule has 0 aliphatic carbocycles. The molecule has 10 heteroatoms. The Morgan fingerprint density at radius 2 is 2.18 bits per heavy atom. The van der Waals surface area contributed by atoms with Gasteiger partial charge in [0.05, 0.1) is 27.1 Å². The van der Waals surface area contributed by atoms with Gasteiger partial charge in [-0.2, -0.15) is 5.26 Å². The molecule has 1 aliphatic rings. The van der Waals surface area contributed by atoms with Crippen molar-refractivity contribution in [3.05, 3.63) is 53.9 Å². The summed E-state index contributed by atoms with van der Waals surface area (Å²) in [6.07, 6.45) is 3.81. The average molecular weight is 495 g/mol. The van der Waals surface area contributed by atoms with Gasteiger partial charge in [-0.1, -0.05) is 6.07 Å². The highest BCUT2D eigenvalue weighted by Gasteiger charge is 2.22. The number of rotatable bonds is 8. The summed E-state index contributed by atoms with van der Waals surface area (Å²) in [4.78, 5) is 22.4. The summed E-state index contributed by atoms with van der Waals surface area (Å²) in [6.45, 7) is 4.61. The van der Waals surface area contributed by atoms with Gasteiger partial charge in [-0.15, -0.1) is 11.3 Å². The van der Waals surface area contributed by atoms with E-state index in [-0.39, 0.29) is 28.7 Å². The smallest absolute Gasteiger partial charge is 0.270 e. The molecule has 0 radical (unpaired) electrons. The first kappa shape index (κ1) is 24.0. The predicted molar refractivity (Wildman–Crippen MR) is 135 cm³/mol. The Morgan fingerprint density at radius 1 is 1.35 bits per heavy atom. The number of nitrogens with one attached hydrogen (secondary N) is 1. The highest BCUT2D eigenvalue weighted by Crippen LogP contribution is 2.36. The van der Waals surface area contributed by atoms with Gasteiger partial charge < -0.3 is 15.8 Å². The van der Waals surface area contributed by atoms with Crippen molar-refractivity contribution in [2.75, 3.05) is 32.0 Å². The number of aromatic nitrogens is 2. The zero-order valence-corrected chi connectivity index (χ0v) is 20.5. The molecule has 3 aromatic rings. The van der Waals surface area contributed by atoms with Crippen LogP contribution in [0, 0.1) is 17.2 Å². The number of nitrogen functional groups attached to an aromatic ring is 1. The van der Waals surface area contributed by atoms with Gasteiger partial charge in [0.25, 0.3) is 5.91 Å². The maximum absolute atomic E-state index is 12.6. The van der Waals surface area contributed by atoms with Crippen molar-refractivity contribution in [1.29, 1.82) is 5.26 Å². The molecule has 4 heterocycles. The van der Waals surface area contributed by atoms with E-state index in [4.69, 9.17) is 10.5 Å². The highest BCUT2D eigenvalue weighted by molar-refractivity contribution is 7.99. The number of carbonyl (C=O) groups excluding carboxylic acids is 1. The average Bonchev–Trinajstić information content (AvgIpc) is 3.32. The van der Waals surface area contributed by atoms with Gasteiger partial charge in [-0.3, -0.25) is 9.78 Å². The Hall–Kier alpha value is -3.13. The van der Waals surface area contributed by atoms with Crippen LogP contribution in [0.1, 0.15) is 35.8 Å². The second kappa shape index (κ2) is 11.3. The monoisotopic (exact) mass is 494 g/mol. The van der Waals surface area contributed by atoms with Crippen molar-refractivity contribution in [1.82, 2.24) is 19.6 Å². The lowest BCUT2D eigenvalue weighted by atomic mass is 9.98. The van der Waals surface area contributed by atoms with Crippen molar-refractivity contribution in [2.45, 2.75) is 24.0 Å². The van der Waals surface area contributed by atoms with Crippen LogP contribution in [0.15, 0.2) is 46.8 Å². The van der Waals surface area contributed by atoms with Crippen LogP contribution in [0.2, 0.25) is 0 Å². The number of anilines is 1. The number of hydrogen-bond donors (Lipinski definition) is 2. The van der Waals surface area contributed by atoms with E-state index in [1.54, 1.807) is 30.2 Å². The van der Waals surface area contributed by atoms with Crippen LogP contribution >= 0.6 is 23.3 Å².